The van der Waals surface area contributed by atoms with Gasteiger partial charge in [-0.2, -0.15) is 4.98 Å². The number of anilines is 2. The molecule has 0 bridgehead atoms. The average Bonchev–Trinajstić information content (AvgIpc) is 2.78. The molecule has 1 aromatic heterocycles. The van der Waals surface area contributed by atoms with Crippen molar-refractivity contribution in [2.45, 2.75) is 19.4 Å². The van der Waals surface area contributed by atoms with E-state index in [9.17, 15) is 4.79 Å². The Morgan fingerprint density at radius 3 is 2.53 bits per heavy atom. The molecule has 0 saturated carbocycles. The highest BCUT2D eigenvalue weighted by Gasteiger charge is 2.26. The molecule has 3 N–H and O–H groups in total. The van der Waals surface area contributed by atoms with Crippen molar-refractivity contribution in [2.75, 3.05) is 23.7 Å². The number of nitrogens with one attached hydrogen (secondary N) is 1. The molecule has 0 radical (unpaired) electrons. The Morgan fingerprint density at radius 2 is 1.84 bits per heavy atom. The van der Waals surface area contributed by atoms with Crippen molar-refractivity contribution in [2.24, 2.45) is 5.92 Å². The second-order valence-corrected chi connectivity index (χ2v) is 8.97. The zero-order chi connectivity index (χ0) is 22.7. The fourth-order valence-electron chi connectivity index (χ4n) is 3.75. The molecule has 9 heteroatoms. The molecule has 2 heterocycles. The van der Waals surface area contributed by atoms with Crippen LogP contribution >= 0.6 is 34.8 Å². The summed E-state index contributed by atoms with van der Waals surface area (Å²) in [7, 11) is 0. The smallest absolute Gasteiger partial charge is 0.227 e. The van der Waals surface area contributed by atoms with Gasteiger partial charge in [0.15, 0.2) is 0 Å². The first-order valence-electron chi connectivity index (χ1n) is 10.3. The van der Waals surface area contributed by atoms with Crippen molar-refractivity contribution < 1.29 is 4.79 Å². The maximum Gasteiger partial charge on any atom is 0.227 e. The molecule has 0 atom stereocenters. The molecule has 4 rings (SSSR count). The van der Waals surface area contributed by atoms with Crippen molar-refractivity contribution in [1.82, 2.24) is 15.3 Å². The first kappa shape index (κ1) is 22.6. The minimum absolute atomic E-state index is 0.0207. The number of carbonyl (C=O) groups is 1. The monoisotopic (exact) mass is 489 g/mol. The molecule has 166 valence electrons. The van der Waals surface area contributed by atoms with E-state index in [0.717, 1.165) is 16.7 Å². The van der Waals surface area contributed by atoms with Crippen LogP contribution in [0.4, 0.5) is 11.8 Å². The van der Waals surface area contributed by atoms with Gasteiger partial charge < -0.3 is 16.0 Å². The molecule has 3 aromatic rings. The number of halogens is 3. The predicted octanol–water partition coefficient (Wildman–Crippen LogP) is 5.22. The normalized spacial score (nSPS) is 14.4. The highest BCUT2D eigenvalue weighted by molar-refractivity contribution is 6.35. The molecule has 1 aliphatic rings. The number of hydrogen-bond donors (Lipinski definition) is 2. The molecule has 32 heavy (non-hydrogen) atoms. The number of aromatic nitrogens is 2. The van der Waals surface area contributed by atoms with Gasteiger partial charge in [0.25, 0.3) is 0 Å². The van der Waals surface area contributed by atoms with E-state index in [1.165, 1.54) is 0 Å². The summed E-state index contributed by atoms with van der Waals surface area (Å²) in [6, 6.07) is 12.7. The third-order valence-electron chi connectivity index (χ3n) is 5.56. The lowest BCUT2D eigenvalue weighted by Crippen LogP contribution is -2.41. The van der Waals surface area contributed by atoms with Crippen molar-refractivity contribution in [1.29, 1.82) is 0 Å². The van der Waals surface area contributed by atoms with Crippen LogP contribution < -0.4 is 16.0 Å². The minimum Gasteiger partial charge on any atom is -0.383 e. The second kappa shape index (κ2) is 9.94. The lowest BCUT2D eigenvalue weighted by Gasteiger charge is -2.31. The van der Waals surface area contributed by atoms with Gasteiger partial charge in [0, 0.05) is 52.4 Å². The maximum absolute atomic E-state index is 12.6. The molecular weight excluding hydrogens is 469 g/mol. The first-order chi connectivity index (χ1) is 15.4. The Kier molecular flexibility index (Phi) is 7.04. The zero-order valence-electron chi connectivity index (χ0n) is 17.2. The number of hydrogen-bond acceptors (Lipinski definition) is 5. The van der Waals surface area contributed by atoms with Gasteiger partial charge in [-0.05, 0) is 48.2 Å². The Balaban J connectivity index is 1.34. The summed E-state index contributed by atoms with van der Waals surface area (Å²) in [4.78, 5) is 23.7. The van der Waals surface area contributed by atoms with Gasteiger partial charge in [0.05, 0.1) is 0 Å². The third kappa shape index (κ3) is 5.26. The minimum atomic E-state index is -0.0691. The van der Waals surface area contributed by atoms with E-state index in [1.807, 2.05) is 24.3 Å². The fraction of sp³-hybridized carbons (Fsp3) is 0.261. The zero-order valence-corrected chi connectivity index (χ0v) is 19.5. The fourth-order valence-corrected chi connectivity index (χ4v) is 4.42. The molecular formula is C23H22Cl3N5O. The maximum atomic E-state index is 12.6. The number of benzene rings is 2. The number of nitrogens with zero attached hydrogens (tertiary/aromatic N) is 3. The van der Waals surface area contributed by atoms with E-state index in [2.05, 4.69) is 20.2 Å². The number of rotatable bonds is 5. The van der Waals surface area contributed by atoms with Crippen LogP contribution in [0.1, 0.15) is 18.4 Å². The first-order valence-corrected chi connectivity index (χ1v) is 11.4. The average molecular weight is 491 g/mol. The topological polar surface area (TPSA) is 84.1 Å². The van der Waals surface area contributed by atoms with Gasteiger partial charge >= 0.3 is 0 Å². The number of nitrogens with two attached hydrogens (primary N) is 1. The molecule has 2 aromatic carbocycles. The van der Waals surface area contributed by atoms with Gasteiger partial charge in [0.1, 0.15) is 5.82 Å². The van der Waals surface area contributed by atoms with E-state index in [0.29, 0.717) is 59.3 Å². The van der Waals surface area contributed by atoms with Gasteiger partial charge in [-0.15, -0.1) is 0 Å². The Hall–Kier alpha value is -2.54. The van der Waals surface area contributed by atoms with Crippen LogP contribution in [0, 0.1) is 5.92 Å². The predicted molar refractivity (Wildman–Crippen MR) is 130 cm³/mol. The highest BCUT2D eigenvalue weighted by Crippen LogP contribution is 2.29. The Morgan fingerprint density at radius 1 is 1.09 bits per heavy atom. The van der Waals surface area contributed by atoms with Crippen LogP contribution in [0.3, 0.4) is 0 Å². The van der Waals surface area contributed by atoms with Crippen LogP contribution in [0.15, 0.2) is 48.7 Å². The van der Waals surface area contributed by atoms with Gasteiger partial charge in [-0.1, -0.05) is 53.0 Å². The van der Waals surface area contributed by atoms with E-state index < -0.39 is 0 Å². The largest absolute Gasteiger partial charge is 0.383 e. The van der Waals surface area contributed by atoms with Gasteiger partial charge in [-0.3, -0.25) is 4.79 Å². The number of piperidine rings is 1. The van der Waals surface area contributed by atoms with E-state index in [1.54, 1.807) is 24.4 Å². The molecule has 1 aliphatic heterocycles. The van der Waals surface area contributed by atoms with E-state index in [4.69, 9.17) is 40.5 Å². The Bertz CT molecular complexity index is 1130. The van der Waals surface area contributed by atoms with Crippen LogP contribution in [-0.2, 0) is 11.3 Å². The van der Waals surface area contributed by atoms with Crippen LogP contribution in [-0.4, -0.2) is 29.0 Å². The molecule has 0 unspecified atom stereocenters. The standard InChI is InChI=1S/C23H22Cl3N5O/c24-17-3-1-2-15(10-17)19-13-29-23(30-21(19)27)31-8-6-14(7-9-31)22(32)28-12-16-4-5-18(25)11-20(16)26/h1-5,10-11,13-14H,6-9,12H2,(H,28,32)(H2,27,29,30). The van der Waals surface area contributed by atoms with Crippen molar-refractivity contribution in [3.8, 4) is 11.1 Å². The summed E-state index contributed by atoms with van der Waals surface area (Å²) < 4.78 is 0. The number of amides is 1. The molecule has 1 saturated heterocycles. The quantitative estimate of drug-likeness (QED) is 0.512. The summed E-state index contributed by atoms with van der Waals surface area (Å²) in [5.74, 6) is 0.921. The number of nitrogen functional groups attached to an aromatic ring is 1. The van der Waals surface area contributed by atoms with Gasteiger partial charge in [0.2, 0.25) is 11.9 Å². The van der Waals surface area contributed by atoms with E-state index in [-0.39, 0.29) is 11.8 Å². The second-order valence-electron chi connectivity index (χ2n) is 7.69. The molecule has 0 aliphatic carbocycles. The van der Waals surface area contributed by atoms with E-state index >= 15 is 0 Å². The van der Waals surface area contributed by atoms with Crippen molar-refractivity contribution in [3.05, 3.63) is 69.3 Å². The van der Waals surface area contributed by atoms with Crippen LogP contribution in [0.25, 0.3) is 11.1 Å². The summed E-state index contributed by atoms with van der Waals surface area (Å²) in [6.45, 7) is 1.73. The van der Waals surface area contributed by atoms with Gasteiger partial charge in [-0.25, -0.2) is 4.98 Å². The third-order valence-corrected chi connectivity index (χ3v) is 6.38. The lowest BCUT2D eigenvalue weighted by molar-refractivity contribution is -0.125. The summed E-state index contributed by atoms with van der Waals surface area (Å²) in [5, 5.41) is 4.72. The lowest BCUT2D eigenvalue weighted by atomic mass is 9.96. The summed E-state index contributed by atoms with van der Waals surface area (Å²) in [6.07, 6.45) is 3.14. The summed E-state index contributed by atoms with van der Waals surface area (Å²) >= 11 is 18.2. The Labute approximate surface area is 201 Å². The number of carbonyl (C=O) groups excluding carboxylic acids is 1. The van der Waals surface area contributed by atoms with Crippen molar-refractivity contribution in [3.63, 3.8) is 0 Å². The molecule has 1 fully saturated rings. The molecule has 0 spiro atoms. The molecule has 1 amide bonds. The summed E-state index contributed by atoms with van der Waals surface area (Å²) in [5.41, 5.74) is 8.65. The van der Waals surface area contributed by atoms with Crippen molar-refractivity contribution >= 4 is 52.5 Å². The van der Waals surface area contributed by atoms with Crippen LogP contribution in [0.5, 0.6) is 0 Å². The SMILES string of the molecule is Nc1nc(N2CCC(C(=O)NCc3ccc(Cl)cc3Cl)CC2)ncc1-c1cccc(Cl)c1. The highest BCUT2D eigenvalue weighted by atomic mass is 35.5. The van der Waals surface area contributed by atoms with Crippen LogP contribution in [0.2, 0.25) is 15.1 Å². The molecule has 6 nitrogen and oxygen atoms in total.